The van der Waals surface area contributed by atoms with Crippen molar-refractivity contribution in [1.29, 1.82) is 0 Å². The van der Waals surface area contributed by atoms with Gasteiger partial charge < -0.3 is 19.9 Å². The van der Waals surface area contributed by atoms with Crippen molar-refractivity contribution in [3.8, 4) is 0 Å². The van der Waals surface area contributed by atoms with Gasteiger partial charge in [0.25, 0.3) is 5.95 Å². The highest BCUT2D eigenvalue weighted by atomic mass is 16.5. The zero-order chi connectivity index (χ0) is 11.5. The predicted molar refractivity (Wildman–Crippen MR) is 59.4 cm³/mol. The van der Waals surface area contributed by atoms with E-state index in [1.807, 2.05) is 13.8 Å². The topological polar surface area (TPSA) is 77.4 Å². The molecule has 1 aromatic heterocycles. The molecule has 1 aliphatic rings. The molecule has 2 N–H and O–H groups in total. The number of anilines is 1. The summed E-state index contributed by atoms with van der Waals surface area (Å²) >= 11 is 0. The highest BCUT2D eigenvalue weighted by Crippen LogP contribution is 2.19. The Balaban J connectivity index is 2.06. The molecule has 0 bridgehead atoms. The Morgan fingerprint density at radius 2 is 2.00 bits per heavy atom. The summed E-state index contributed by atoms with van der Waals surface area (Å²) in [4.78, 5) is 6.43. The first kappa shape index (κ1) is 11.3. The maximum absolute atomic E-state index is 5.79. The van der Waals surface area contributed by atoms with Crippen molar-refractivity contribution in [1.82, 2.24) is 10.1 Å². The van der Waals surface area contributed by atoms with Gasteiger partial charge in [-0.15, -0.1) is 0 Å². The molecule has 0 radical (unpaired) electrons. The molecule has 0 aliphatic carbocycles. The third-order valence-corrected chi connectivity index (χ3v) is 2.90. The smallest absolute Gasteiger partial charge is 0.266 e. The maximum atomic E-state index is 5.79. The molecular weight excluding hydrogens is 208 g/mol. The quantitative estimate of drug-likeness (QED) is 0.801. The number of aromatic nitrogens is 2. The van der Waals surface area contributed by atoms with Crippen LogP contribution in [-0.4, -0.2) is 42.5 Å². The molecule has 2 rings (SSSR count). The average Bonchev–Trinajstić information content (AvgIpc) is 2.78. The molecule has 1 aliphatic heterocycles. The fourth-order valence-corrected chi connectivity index (χ4v) is 1.53. The molecule has 0 spiro atoms. The Labute approximate surface area is 94.7 Å². The standard InChI is InChI=1S/C10H18N4O2/c1-7(8(2)11)9-12-10(13-16-9)14-3-5-15-6-4-14/h7-8H,3-6,11H2,1-2H3. The minimum Gasteiger partial charge on any atom is -0.378 e. The molecule has 6 heteroatoms. The van der Waals surface area contributed by atoms with Gasteiger partial charge in [0.15, 0.2) is 0 Å². The lowest BCUT2D eigenvalue weighted by Crippen LogP contribution is -2.36. The van der Waals surface area contributed by atoms with Crippen LogP contribution in [0.4, 0.5) is 5.95 Å². The largest absolute Gasteiger partial charge is 0.378 e. The van der Waals surface area contributed by atoms with E-state index in [-0.39, 0.29) is 12.0 Å². The third-order valence-electron chi connectivity index (χ3n) is 2.90. The summed E-state index contributed by atoms with van der Waals surface area (Å²) in [6, 6.07) is 0.0120. The summed E-state index contributed by atoms with van der Waals surface area (Å²) in [6.07, 6.45) is 0. The van der Waals surface area contributed by atoms with Gasteiger partial charge in [0.05, 0.1) is 19.1 Å². The fourth-order valence-electron chi connectivity index (χ4n) is 1.53. The minimum atomic E-state index is 0.0120. The predicted octanol–water partition coefficient (Wildman–Crippen LogP) is 0.357. The second kappa shape index (κ2) is 4.80. The van der Waals surface area contributed by atoms with Crippen LogP contribution in [0.3, 0.4) is 0 Å². The van der Waals surface area contributed by atoms with Crippen molar-refractivity contribution in [2.24, 2.45) is 5.73 Å². The summed E-state index contributed by atoms with van der Waals surface area (Å²) in [7, 11) is 0. The van der Waals surface area contributed by atoms with Crippen molar-refractivity contribution in [2.75, 3.05) is 31.2 Å². The Morgan fingerprint density at radius 3 is 2.62 bits per heavy atom. The lowest BCUT2D eigenvalue weighted by atomic mass is 10.1. The van der Waals surface area contributed by atoms with Gasteiger partial charge in [0.2, 0.25) is 5.89 Å². The molecule has 90 valence electrons. The van der Waals surface area contributed by atoms with Crippen molar-refractivity contribution < 1.29 is 9.26 Å². The summed E-state index contributed by atoms with van der Waals surface area (Å²) in [5.74, 6) is 1.34. The molecule has 1 fully saturated rings. The highest BCUT2D eigenvalue weighted by Gasteiger charge is 2.21. The van der Waals surface area contributed by atoms with E-state index < -0.39 is 0 Å². The lowest BCUT2D eigenvalue weighted by Gasteiger charge is -2.24. The number of rotatable bonds is 3. The van der Waals surface area contributed by atoms with Gasteiger partial charge >= 0.3 is 0 Å². The van der Waals surface area contributed by atoms with E-state index in [4.69, 9.17) is 15.0 Å². The summed E-state index contributed by atoms with van der Waals surface area (Å²) in [5.41, 5.74) is 5.79. The van der Waals surface area contributed by atoms with Crippen LogP contribution in [-0.2, 0) is 4.74 Å². The minimum absolute atomic E-state index is 0.0120. The van der Waals surface area contributed by atoms with Gasteiger partial charge in [-0.05, 0) is 12.1 Å². The summed E-state index contributed by atoms with van der Waals surface area (Å²) < 4.78 is 10.5. The van der Waals surface area contributed by atoms with Gasteiger partial charge in [-0.2, -0.15) is 4.98 Å². The Morgan fingerprint density at radius 1 is 1.31 bits per heavy atom. The van der Waals surface area contributed by atoms with Crippen molar-refractivity contribution in [3.63, 3.8) is 0 Å². The number of hydrogen-bond acceptors (Lipinski definition) is 6. The lowest BCUT2D eigenvalue weighted by molar-refractivity contribution is 0.121. The number of morpholine rings is 1. The zero-order valence-electron chi connectivity index (χ0n) is 9.72. The fraction of sp³-hybridized carbons (Fsp3) is 0.800. The Bertz CT molecular complexity index is 333. The van der Waals surface area contributed by atoms with E-state index >= 15 is 0 Å². The summed E-state index contributed by atoms with van der Waals surface area (Å²) in [5, 5.41) is 3.97. The van der Waals surface area contributed by atoms with Crippen LogP contribution in [0.2, 0.25) is 0 Å². The van der Waals surface area contributed by atoms with Gasteiger partial charge in [0, 0.05) is 19.1 Å². The second-order valence-corrected chi connectivity index (χ2v) is 4.18. The Hall–Kier alpha value is -1.14. The first-order chi connectivity index (χ1) is 7.68. The molecule has 0 amide bonds. The number of ether oxygens (including phenoxy) is 1. The molecule has 2 atom stereocenters. The van der Waals surface area contributed by atoms with Crippen molar-refractivity contribution >= 4 is 5.95 Å². The Kier molecular flexibility index (Phi) is 3.40. The van der Waals surface area contributed by atoms with Gasteiger partial charge in [0.1, 0.15) is 0 Å². The van der Waals surface area contributed by atoms with Crippen LogP contribution in [0.5, 0.6) is 0 Å². The zero-order valence-corrected chi connectivity index (χ0v) is 9.72. The monoisotopic (exact) mass is 226 g/mol. The molecule has 2 unspecified atom stereocenters. The molecule has 6 nitrogen and oxygen atoms in total. The molecule has 1 saturated heterocycles. The molecule has 16 heavy (non-hydrogen) atoms. The highest BCUT2D eigenvalue weighted by molar-refractivity contribution is 5.28. The SMILES string of the molecule is CC(N)C(C)c1nc(N2CCOCC2)no1. The number of nitrogens with two attached hydrogens (primary N) is 1. The van der Waals surface area contributed by atoms with Crippen LogP contribution in [0, 0.1) is 0 Å². The summed E-state index contributed by atoms with van der Waals surface area (Å²) in [6.45, 7) is 6.97. The van der Waals surface area contributed by atoms with Crippen LogP contribution in [0.15, 0.2) is 4.52 Å². The van der Waals surface area contributed by atoms with Gasteiger partial charge in [-0.1, -0.05) is 6.92 Å². The van der Waals surface area contributed by atoms with E-state index in [0.717, 1.165) is 13.1 Å². The van der Waals surface area contributed by atoms with Crippen LogP contribution in [0.1, 0.15) is 25.7 Å². The third kappa shape index (κ3) is 2.33. The number of nitrogens with zero attached hydrogens (tertiary/aromatic N) is 3. The first-order valence-electron chi connectivity index (χ1n) is 5.60. The normalized spacial score (nSPS) is 20.8. The first-order valence-corrected chi connectivity index (χ1v) is 5.60. The average molecular weight is 226 g/mol. The molecule has 0 saturated carbocycles. The van der Waals surface area contributed by atoms with E-state index in [2.05, 4.69) is 15.0 Å². The van der Waals surface area contributed by atoms with Crippen molar-refractivity contribution in [2.45, 2.75) is 25.8 Å². The van der Waals surface area contributed by atoms with Gasteiger partial charge in [-0.3, -0.25) is 0 Å². The molecule has 0 aromatic carbocycles. The van der Waals surface area contributed by atoms with Gasteiger partial charge in [-0.25, -0.2) is 0 Å². The van der Waals surface area contributed by atoms with Crippen molar-refractivity contribution in [3.05, 3.63) is 5.89 Å². The molecule has 1 aromatic rings. The van der Waals surface area contributed by atoms with Crippen LogP contribution in [0.25, 0.3) is 0 Å². The molecular formula is C10H18N4O2. The van der Waals surface area contributed by atoms with E-state index in [9.17, 15) is 0 Å². The van der Waals surface area contributed by atoms with Crippen LogP contribution >= 0.6 is 0 Å². The van der Waals surface area contributed by atoms with Crippen LogP contribution < -0.4 is 10.6 Å². The molecule has 2 heterocycles. The maximum Gasteiger partial charge on any atom is 0.266 e. The van der Waals surface area contributed by atoms with E-state index in [1.54, 1.807) is 0 Å². The second-order valence-electron chi connectivity index (χ2n) is 4.18. The number of hydrogen-bond donors (Lipinski definition) is 1. The van der Waals surface area contributed by atoms with E-state index in [0.29, 0.717) is 25.1 Å². The van der Waals surface area contributed by atoms with E-state index in [1.165, 1.54) is 0 Å².